The van der Waals surface area contributed by atoms with Gasteiger partial charge in [-0.3, -0.25) is 4.79 Å². The molecule has 0 bridgehead atoms. The summed E-state index contributed by atoms with van der Waals surface area (Å²) < 4.78 is 11.5. The normalized spacial score (nSPS) is 17.6. The molecule has 156 valence electrons. The molecule has 0 aliphatic heterocycles. The molecule has 2 heterocycles. The van der Waals surface area contributed by atoms with Crippen LogP contribution < -0.4 is 15.0 Å². The van der Waals surface area contributed by atoms with E-state index < -0.39 is 0 Å². The molecule has 1 aromatic carbocycles. The van der Waals surface area contributed by atoms with E-state index >= 15 is 0 Å². The smallest absolute Gasteiger partial charge is 0.248 e. The van der Waals surface area contributed by atoms with Gasteiger partial charge in [-0.25, -0.2) is 4.98 Å². The lowest BCUT2D eigenvalue weighted by atomic mass is 10.00. The van der Waals surface area contributed by atoms with Crippen molar-refractivity contribution in [2.75, 3.05) is 13.7 Å². The lowest BCUT2D eigenvalue weighted by molar-refractivity contribution is 0.286. The van der Waals surface area contributed by atoms with E-state index in [2.05, 4.69) is 34.0 Å². The van der Waals surface area contributed by atoms with Crippen LogP contribution in [0.1, 0.15) is 36.2 Å². The van der Waals surface area contributed by atoms with Crippen LogP contribution in [0.25, 0.3) is 11.1 Å². The number of nitrogens with one attached hydrogen (secondary N) is 1. The zero-order valence-corrected chi connectivity index (χ0v) is 18.0. The van der Waals surface area contributed by atoms with Gasteiger partial charge in [0.05, 0.1) is 24.3 Å². The average molecular weight is 426 g/mol. The highest BCUT2D eigenvalue weighted by atomic mass is 35.5. The van der Waals surface area contributed by atoms with Gasteiger partial charge < -0.3 is 14.5 Å². The first kappa shape index (κ1) is 20.4. The maximum atomic E-state index is 11.8. The molecule has 30 heavy (non-hydrogen) atoms. The molecule has 4 rings (SSSR count). The van der Waals surface area contributed by atoms with Gasteiger partial charge in [-0.05, 0) is 48.9 Å². The number of methoxy groups -OCH3 is 1. The predicted molar refractivity (Wildman–Crippen MR) is 117 cm³/mol. The lowest BCUT2D eigenvalue weighted by Crippen LogP contribution is -2.08. The molecule has 1 fully saturated rings. The van der Waals surface area contributed by atoms with Crippen molar-refractivity contribution in [1.82, 2.24) is 15.0 Å². The number of nitrogens with zero attached hydrogens (tertiary/aromatic N) is 2. The zero-order chi connectivity index (χ0) is 21.3. The number of aromatic amines is 1. The maximum absolute atomic E-state index is 11.8. The number of benzene rings is 1. The van der Waals surface area contributed by atoms with E-state index in [0.717, 1.165) is 18.6 Å². The topological polar surface area (TPSA) is 77.1 Å². The Labute approximate surface area is 180 Å². The van der Waals surface area contributed by atoms with Gasteiger partial charge in [0.1, 0.15) is 11.6 Å². The number of H-pyrrole nitrogens is 1. The first-order valence-electron chi connectivity index (χ1n) is 10.0. The van der Waals surface area contributed by atoms with E-state index in [1.807, 2.05) is 6.07 Å². The van der Waals surface area contributed by atoms with Crippen LogP contribution in [0.2, 0.25) is 5.02 Å². The average Bonchev–Trinajstić information content (AvgIpc) is 3.53. The van der Waals surface area contributed by atoms with Gasteiger partial charge >= 0.3 is 0 Å². The minimum absolute atomic E-state index is 0.241. The Morgan fingerprint density at radius 2 is 2.10 bits per heavy atom. The molecule has 2 atom stereocenters. The molecule has 0 spiro atoms. The molecule has 0 radical (unpaired) electrons. The van der Waals surface area contributed by atoms with E-state index in [1.54, 1.807) is 20.2 Å². The van der Waals surface area contributed by atoms with E-state index in [0.29, 0.717) is 46.3 Å². The fraction of sp³-hybridized carbons (Fsp3) is 0.348. The maximum Gasteiger partial charge on any atom is 0.248 e. The summed E-state index contributed by atoms with van der Waals surface area (Å²) in [6, 6.07) is 7.74. The summed E-state index contributed by atoms with van der Waals surface area (Å²) in [5, 5.41) is 0.419. The third kappa shape index (κ3) is 4.19. The molecule has 1 N–H and O–H groups in total. The van der Waals surface area contributed by atoms with Crippen LogP contribution in [0.15, 0.2) is 41.5 Å². The summed E-state index contributed by atoms with van der Waals surface area (Å²) >= 11 is 6.29. The number of aryl methyl sites for hydroxylation is 2. The van der Waals surface area contributed by atoms with Crippen molar-refractivity contribution in [3.63, 3.8) is 0 Å². The number of aromatic nitrogens is 3. The minimum atomic E-state index is -0.241. The largest absolute Gasteiger partial charge is 0.497 e. The quantitative estimate of drug-likeness (QED) is 0.601. The van der Waals surface area contributed by atoms with Crippen molar-refractivity contribution < 1.29 is 9.47 Å². The SMILES string of the molecule is CCc1cc(OC)ccc1C1CC1COc1nc(C)ncc1-c1cc(=O)[nH]cc1Cl. The van der Waals surface area contributed by atoms with Gasteiger partial charge in [0.25, 0.3) is 0 Å². The number of rotatable bonds is 7. The monoisotopic (exact) mass is 425 g/mol. The van der Waals surface area contributed by atoms with Crippen molar-refractivity contribution >= 4 is 11.6 Å². The van der Waals surface area contributed by atoms with E-state index in [-0.39, 0.29) is 5.56 Å². The molecule has 3 aromatic rings. The highest BCUT2D eigenvalue weighted by Gasteiger charge is 2.40. The molecule has 2 unspecified atom stereocenters. The Morgan fingerprint density at radius 3 is 2.87 bits per heavy atom. The summed E-state index contributed by atoms with van der Waals surface area (Å²) in [6.45, 7) is 4.51. The molecule has 0 amide bonds. The Kier molecular flexibility index (Phi) is 5.77. The Hall–Kier alpha value is -2.86. The van der Waals surface area contributed by atoms with Crippen LogP contribution in [0, 0.1) is 12.8 Å². The number of hydrogen-bond donors (Lipinski definition) is 1. The lowest BCUT2D eigenvalue weighted by Gasteiger charge is -2.13. The minimum Gasteiger partial charge on any atom is -0.497 e. The van der Waals surface area contributed by atoms with Gasteiger partial charge in [-0.15, -0.1) is 0 Å². The second-order valence-electron chi connectivity index (χ2n) is 7.53. The Bertz CT molecular complexity index is 1130. The molecule has 7 heteroatoms. The molecular weight excluding hydrogens is 402 g/mol. The first-order chi connectivity index (χ1) is 14.5. The van der Waals surface area contributed by atoms with Crippen molar-refractivity contribution in [3.8, 4) is 22.8 Å². The molecule has 1 aliphatic rings. The van der Waals surface area contributed by atoms with Crippen molar-refractivity contribution in [2.24, 2.45) is 5.92 Å². The summed E-state index contributed by atoms with van der Waals surface area (Å²) in [6.07, 6.45) is 5.16. The third-order valence-electron chi connectivity index (χ3n) is 5.53. The van der Waals surface area contributed by atoms with E-state index in [1.165, 1.54) is 23.4 Å². The summed E-state index contributed by atoms with van der Waals surface area (Å²) in [4.78, 5) is 23.0. The van der Waals surface area contributed by atoms with Crippen molar-refractivity contribution in [3.05, 3.63) is 69.0 Å². The number of ether oxygens (including phenoxy) is 2. The van der Waals surface area contributed by atoms with Gasteiger partial charge in [0, 0.05) is 29.9 Å². The number of pyridine rings is 1. The highest BCUT2D eigenvalue weighted by Crippen LogP contribution is 2.49. The molecule has 2 aromatic heterocycles. The summed E-state index contributed by atoms with van der Waals surface area (Å²) in [5.41, 5.74) is 3.62. The molecule has 1 aliphatic carbocycles. The van der Waals surface area contributed by atoms with Crippen molar-refractivity contribution in [1.29, 1.82) is 0 Å². The van der Waals surface area contributed by atoms with Crippen LogP contribution in [0.5, 0.6) is 11.6 Å². The predicted octanol–water partition coefficient (Wildman–Crippen LogP) is 4.55. The third-order valence-corrected chi connectivity index (χ3v) is 5.84. The molecule has 1 saturated carbocycles. The second kappa shape index (κ2) is 8.48. The van der Waals surface area contributed by atoms with Crippen LogP contribution in [-0.4, -0.2) is 28.7 Å². The number of hydrogen-bond acceptors (Lipinski definition) is 5. The van der Waals surface area contributed by atoms with Crippen LogP contribution in [0.4, 0.5) is 0 Å². The Balaban J connectivity index is 1.53. The Morgan fingerprint density at radius 1 is 1.27 bits per heavy atom. The van der Waals surface area contributed by atoms with Gasteiger partial charge in [0.2, 0.25) is 11.4 Å². The second-order valence-corrected chi connectivity index (χ2v) is 7.93. The van der Waals surface area contributed by atoms with Crippen LogP contribution in [0.3, 0.4) is 0 Å². The summed E-state index contributed by atoms with van der Waals surface area (Å²) in [7, 11) is 1.69. The molecular formula is C23H24ClN3O3. The number of halogens is 1. The van der Waals surface area contributed by atoms with Gasteiger partial charge in [-0.2, -0.15) is 4.98 Å². The van der Waals surface area contributed by atoms with Crippen molar-refractivity contribution in [2.45, 2.75) is 32.6 Å². The standard InChI is InChI=1S/C23H24ClN3O3/c1-4-14-7-16(29-3)5-6-17(14)18-8-15(18)12-30-23-20(10-25-13(2)27-23)19-9-22(28)26-11-21(19)24/h5-7,9-11,15,18H,4,8,12H2,1-3H3,(H,26,28). The fourth-order valence-corrected chi connectivity index (χ4v) is 3.99. The fourth-order valence-electron chi connectivity index (χ4n) is 3.78. The molecule has 6 nitrogen and oxygen atoms in total. The first-order valence-corrected chi connectivity index (χ1v) is 10.4. The molecule has 0 saturated heterocycles. The van der Waals surface area contributed by atoms with E-state index in [9.17, 15) is 4.79 Å². The van der Waals surface area contributed by atoms with Crippen LogP contribution in [-0.2, 0) is 6.42 Å². The van der Waals surface area contributed by atoms with Gasteiger partial charge in [0.15, 0.2) is 0 Å². The van der Waals surface area contributed by atoms with Crippen LogP contribution >= 0.6 is 11.6 Å². The summed E-state index contributed by atoms with van der Waals surface area (Å²) in [5.74, 6) is 2.83. The van der Waals surface area contributed by atoms with Gasteiger partial charge in [-0.1, -0.05) is 24.6 Å². The van der Waals surface area contributed by atoms with E-state index in [4.69, 9.17) is 21.1 Å². The zero-order valence-electron chi connectivity index (χ0n) is 17.2. The highest BCUT2D eigenvalue weighted by molar-refractivity contribution is 6.33.